The van der Waals surface area contributed by atoms with Gasteiger partial charge in [-0.3, -0.25) is 9.78 Å². The van der Waals surface area contributed by atoms with Crippen molar-refractivity contribution in [1.29, 1.82) is 0 Å². The Bertz CT molecular complexity index is 1230. The lowest BCUT2D eigenvalue weighted by atomic mass is 9.97. The van der Waals surface area contributed by atoms with Gasteiger partial charge in [0.05, 0.1) is 0 Å². The molecule has 4 rings (SSSR count). The standard InChI is InChI=1S/C29H30N4O/c1-21-7-16-27(22-8-14-26(15-9-22)33(2)3)28(20-21)29(34)32-25-12-10-24(11-13-25)31-19-17-23-6-4-5-18-30-23/h4-16,18,20,31H,17,19H2,1-3H3,(H,32,34). The molecule has 172 valence electrons. The molecule has 0 aliphatic carbocycles. The van der Waals surface area contributed by atoms with E-state index in [2.05, 4.69) is 44.8 Å². The van der Waals surface area contributed by atoms with Gasteiger partial charge in [0.25, 0.3) is 5.91 Å². The maximum atomic E-state index is 13.2. The molecule has 5 nitrogen and oxygen atoms in total. The molecule has 0 aliphatic heterocycles. The summed E-state index contributed by atoms with van der Waals surface area (Å²) in [5, 5.41) is 6.45. The summed E-state index contributed by atoms with van der Waals surface area (Å²) in [6.07, 6.45) is 2.66. The highest BCUT2D eigenvalue weighted by Gasteiger charge is 2.14. The number of anilines is 3. The van der Waals surface area contributed by atoms with Crippen molar-refractivity contribution in [2.75, 3.05) is 36.2 Å². The number of hydrogen-bond acceptors (Lipinski definition) is 4. The van der Waals surface area contributed by atoms with Gasteiger partial charge in [-0.25, -0.2) is 0 Å². The van der Waals surface area contributed by atoms with Crippen LogP contribution in [0.4, 0.5) is 17.1 Å². The molecule has 2 N–H and O–H groups in total. The Kier molecular flexibility index (Phi) is 7.23. The third-order valence-electron chi connectivity index (χ3n) is 5.69. The van der Waals surface area contributed by atoms with Gasteiger partial charge >= 0.3 is 0 Å². The summed E-state index contributed by atoms with van der Waals surface area (Å²) < 4.78 is 0. The number of aromatic nitrogens is 1. The molecular weight excluding hydrogens is 420 g/mol. The van der Waals surface area contributed by atoms with Crippen molar-refractivity contribution in [3.05, 3.63) is 108 Å². The molecule has 0 aliphatic rings. The molecule has 0 atom stereocenters. The lowest BCUT2D eigenvalue weighted by Gasteiger charge is -2.15. The van der Waals surface area contributed by atoms with Crippen molar-refractivity contribution in [3.63, 3.8) is 0 Å². The second-order valence-corrected chi connectivity index (χ2v) is 8.52. The van der Waals surface area contributed by atoms with Crippen LogP contribution in [0.1, 0.15) is 21.6 Å². The number of benzene rings is 3. The van der Waals surface area contributed by atoms with E-state index in [-0.39, 0.29) is 5.91 Å². The second kappa shape index (κ2) is 10.7. The summed E-state index contributed by atoms with van der Waals surface area (Å²) >= 11 is 0. The van der Waals surface area contributed by atoms with Gasteiger partial charge in [-0.05, 0) is 72.6 Å². The van der Waals surface area contributed by atoms with Gasteiger partial charge in [0.1, 0.15) is 0 Å². The van der Waals surface area contributed by atoms with Crippen molar-refractivity contribution in [3.8, 4) is 11.1 Å². The number of carbonyl (C=O) groups is 1. The van der Waals surface area contributed by atoms with E-state index in [1.807, 2.05) is 87.9 Å². The zero-order valence-electron chi connectivity index (χ0n) is 19.9. The third kappa shape index (κ3) is 5.81. The van der Waals surface area contributed by atoms with Gasteiger partial charge in [0.15, 0.2) is 0 Å². The molecule has 1 amide bonds. The molecule has 0 bridgehead atoms. The van der Waals surface area contributed by atoms with E-state index < -0.39 is 0 Å². The summed E-state index contributed by atoms with van der Waals surface area (Å²) in [7, 11) is 4.03. The van der Waals surface area contributed by atoms with Crippen molar-refractivity contribution in [2.24, 2.45) is 0 Å². The van der Waals surface area contributed by atoms with Gasteiger partial charge in [-0.1, -0.05) is 35.9 Å². The van der Waals surface area contributed by atoms with Crippen molar-refractivity contribution >= 4 is 23.0 Å². The maximum Gasteiger partial charge on any atom is 0.256 e. The summed E-state index contributed by atoms with van der Waals surface area (Å²) in [5.41, 5.74) is 7.59. The predicted octanol–water partition coefficient (Wildman–Crippen LogP) is 6.03. The van der Waals surface area contributed by atoms with E-state index in [4.69, 9.17) is 0 Å². The van der Waals surface area contributed by atoms with Crippen LogP contribution in [0.15, 0.2) is 91.1 Å². The minimum Gasteiger partial charge on any atom is -0.385 e. The Labute approximate surface area is 201 Å². The molecule has 0 spiro atoms. The first-order valence-electron chi connectivity index (χ1n) is 11.4. The van der Waals surface area contributed by atoms with E-state index in [9.17, 15) is 4.79 Å². The van der Waals surface area contributed by atoms with Crippen molar-refractivity contribution in [2.45, 2.75) is 13.3 Å². The Hall–Kier alpha value is -4.12. The fourth-order valence-electron chi connectivity index (χ4n) is 3.79. The highest BCUT2D eigenvalue weighted by atomic mass is 16.1. The lowest BCUT2D eigenvalue weighted by molar-refractivity contribution is 0.102. The number of nitrogens with zero attached hydrogens (tertiary/aromatic N) is 2. The smallest absolute Gasteiger partial charge is 0.256 e. The molecule has 1 heterocycles. The first-order chi connectivity index (χ1) is 16.5. The molecule has 0 fully saturated rings. The number of hydrogen-bond donors (Lipinski definition) is 2. The number of amides is 1. The number of carbonyl (C=O) groups excluding carboxylic acids is 1. The summed E-state index contributed by atoms with van der Waals surface area (Å²) in [4.78, 5) is 19.6. The SMILES string of the molecule is Cc1ccc(-c2ccc(N(C)C)cc2)c(C(=O)Nc2ccc(NCCc3ccccn3)cc2)c1. The van der Waals surface area contributed by atoms with Crippen LogP contribution in [-0.4, -0.2) is 31.5 Å². The normalized spacial score (nSPS) is 10.6. The summed E-state index contributed by atoms with van der Waals surface area (Å²) in [6.45, 7) is 2.79. The Morgan fingerprint density at radius 2 is 1.62 bits per heavy atom. The molecule has 0 saturated carbocycles. The molecular formula is C29H30N4O. The van der Waals surface area contributed by atoms with Crippen LogP contribution in [0.2, 0.25) is 0 Å². The van der Waals surface area contributed by atoms with Crippen LogP contribution in [0.5, 0.6) is 0 Å². The van der Waals surface area contributed by atoms with Gasteiger partial charge < -0.3 is 15.5 Å². The topological polar surface area (TPSA) is 57.3 Å². The van der Waals surface area contributed by atoms with Gasteiger partial charge in [0.2, 0.25) is 0 Å². The summed E-state index contributed by atoms with van der Waals surface area (Å²) in [6, 6.07) is 28.0. The highest BCUT2D eigenvalue weighted by Crippen LogP contribution is 2.28. The van der Waals surface area contributed by atoms with Crippen molar-refractivity contribution < 1.29 is 4.79 Å². The number of pyridine rings is 1. The maximum absolute atomic E-state index is 13.2. The quantitative estimate of drug-likeness (QED) is 0.344. The average Bonchev–Trinajstić information content (AvgIpc) is 2.86. The highest BCUT2D eigenvalue weighted by molar-refractivity contribution is 6.09. The minimum absolute atomic E-state index is 0.119. The van der Waals surface area contributed by atoms with Gasteiger partial charge in [-0.15, -0.1) is 0 Å². The zero-order chi connectivity index (χ0) is 23.9. The lowest BCUT2D eigenvalue weighted by Crippen LogP contribution is -2.13. The fraction of sp³-hybridized carbons (Fsp3) is 0.172. The van der Waals surface area contributed by atoms with E-state index in [0.717, 1.165) is 52.4 Å². The Morgan fingerprint density at radius 3 is 2.29 bits per heavy atom. The molecule has 0 saturated heterocycles. The molecule has 3 aromatic carbocycles. The van der Waals surface area contributed by atoms with Crippen LogP contribution in [-0.2, 0) is 6.42 Å². The van der Waals surface area contributed by atoms with E-state index >= 15 is 0 Å². The minimum atomic E-state index is -0.119. The number of aryl methyl sites for hydroxylation is 1. The third-order valence-corrected chi connectivity index (χ3v) is 5.69. The Morgan fingerprint density at radius 1 is 0.882 bits per heavy atom. The van der Waals surface area contributed by atoms with Crippen LogP contribution in [0, 0.1) is 6.92 Å². The number of nitrogens with one attached hydrogen (secondary N) is 2. The van der Waals surface area contributed by atoms with Crippen LogP contribution in [0.3, 0.4) is 0 Å². The molecule has 0 unspecified atom stereocenters. The van der Waals surface area contributed by atoms with Gasteiger partial charge in [-0.2, -0.15) is 0 Å². The predicted molar refractivity (Wildman–Crippen MR) is 142 cm³/mol. The molecule has 1 aromatic heterocycles. The summed E-state index contributed by atoms with van der Waals surface area (Å²) in [5.74, 6) is -0.119. The van der Waals surface area contributed by atoms with E-state index in [1.165, 1.54) is 0 Å². The van der Waals surface area contributed by atoms with Crippen LogP contribution in [0.25, 0.3) is 11.1 Å². The zero-order valence-corrected chi connectivity index (χ0v) is 19.9. The first-order valence-corrected chi connectivity index (χ1v) is 11.4. The average molecular weight is 451 g/mol. The Balaban J connectivity index is 1.43. The molecule has 34 heavy (non-hydrogen) atoms. The van der Waals surface area contributed by atoms with Crippen molar-refractivity contribution in [1.82, 2.24) is 4.98 Å². The largest absolute Gasteiger partial charge is 0.385 e. The van der Waals surface area contributed by atoms with Gasteiger partial charge in [0, 0.05) is 61.6 Å². The monoisotopic (exact) mass is 450 g/mol. The number of rotatable bonds is 8. The molecule has 4 aromatic rings. The van der Waals surface area contributed by atoms with Crippen LogP contribution < -0.4 is 15.5 Å². The second-order valence-electron chi connectivity index (χ2n) is 8.52. The van der Waals surface area contributed by atoms with E-state index in [0.29, 0.717) is 5.56 Å². The fourth-order valence-corrected chi connectivity index (χ4v) is 3.79. The molecule has 0 radical (unpaired) electrons. The first kappa shape index (κ1) is 23.1. The van der Waals surface area contributed by atoms with E-state index in [1.54, 1.807) is 0 Å². The molecule has 5 heteroatoms. The van der Waals surface area contributed by atoms with Crippen LogP contribution >= 0.6 is 0 Å².